The summed E-state index contributed by atoms with van der Waals surface area (Å²) in [5.41, 5.74) is 3.13. The molecule has 3 aromatic heterocycles. The minimum Gasteiger partial charge on any atom is -0.245 e. The molecule has 0 aliphatic carbocycles. The van der Waals surface area contributed by atoms with Crippen LogP contribution >= 0.6 is 11.3 Å². The number of halogens is 2. The smallest absolute Gasteiger partial charge is 0.245 e. The van der Waals surface area contributed by atoms with Gasteiger partial charge in [0.15, 0.2) is 16.7 Å². The molecule has 5 rings (SSSR count). The number of aromatic nitrogens is 7. The van der Waals surface area contributed by atoms with Crippen LogP contribution in [0.5, 0.6) is 0 Å². The molecule has 0 atom stereocenters. The van der Waals surface area contributed by atoms with Crippen molar-refractivity contribution in [3.63, 3.8) is 0 Å². The Labute approximate surface area is 173 Å². The maximum absolute atomic E-state index is 13.2. The molecule has 0 aliphatic heterocycles. The minimum atomic E-state index is -2.62. The summed E-state index contributed by atoms with van der Waals surface area (Å²) in [6.07, 6.45) is 0.418. The topological polar surface area (TPSA) is 74.3 Å². The van der Waals surface area contributed by atoms with E-state index >= 15 is 0 Å². The predicted molar refractivity (Wildman–Crippen MR) is 109 cm³/mol. The average molecular weight is 423 g/mol. The number of aryl methyl sites for hydroxylation is 1. The van der Waals surface area contributed by atoms with Crippen molar-refractivity contribution < 1.29 is 8.78 Å². The Balaban J connectivity index is 1.70. The third-order valence-electron chi connectivity index (χ3n) is 4.53. The van der Waals surface area contributed by atoms with Gasteiger partial charge in [0.1, 0.15) is 19.2 Å². The fraction of sp³-hybridized carbons (Fsp3) is 0.150. The molecule has 150 valence electrons. The molecule has 7 nitrogen and oxygen atoms in total. The Morgan fingerprint density at radius 1 is 1.10 bits per heavy atom. The van der Waals surface area contributed by atoms with E-state index in [-0.39, 0.29) is 5.01 Å². The van der Waals surface area contributed by atoms with E-state index in [4.69, 9.17) is 4.98 Å². The monoisotopic (exact) mass is 423 g/mol. The number of rotatable bonds is 5. The van der Waals surface area contributed by atoms with Crippen LogP contribution in [0.25, 0.3) is 27.3 Å². The zero-order valence-electron chi connectivity index (χ0n) is 15.8. The molecule has 10 heteroatoms. The number of hydrogen-bond acceptors (Lipinski definition) is 6. The number of alkyl halides is 2. The molecule has 2 aromatic carbocycles. The van der Waals surface area contributed by atoms with Crippen LogP contribution in [-0.4, -0.2) is 34.5 Å². The quantitative estimate of drug-likeness (QED) is 0.418. The summed E-state index contributed by atoms with van der Waals surface area (Å²) in [6, 6.07) is 13.2. The second-order valence-electron chi connectivity index (χ2n) is 6.70. The second-order valence-corrected chi connectivity index (χ2v) is 7.73. The van der Waals surface area contributed by atoms with Gasteiger partial charge in [-0.1, -0.05) is 18.2 Å². The van der Waals surface area contributed by atoms with Crippen molar-refractivity contribution in [2.45, 2.75) is 19.9 Å². The van der Waals surface area contributed by atoms with Crippen molar-refractivity contribution in [2.24, 2.45) is 0 Å². The predicted octanol–water partition coefficient (Wildman–Crippen LogP) is 4.43. The zero-order chi connectivity index (χ0) is 20.7. The molecule has 0 saturated heterocycles. The summed E-state index contributed by atoms with van der Waals surface area (Å²) in [6.45, 7) is 2.34. The molecule has 30 heavy (non-hydrogen) atoms. The molecule has 0 unspecified atom stereocenters. The van der Waals surface area contributed by atoms with Crippen molar-refractivity contribution in [1.29, 1.82) is 0 Å². The van der Waals surface area contributed by atoms with Crippen molar-refractivity contribution in [3.05, 3.63) is 71.5 Å². The molecule has 0 aliphatic rings. The van der Waals surface area contributed by atoms with Gasteiger partial charge >= 0.3 is 0 Å². The first-order valence-corrected chi connectivity index (χ1v) is 9.93. The van der Waals surface area contributed by atoms with Gasteiger partial charge in [0.25, 0.3) is 6.43 Å². The van der Waals surface area contributed by atoms with E-state index in [1.165, 1.54) is 6.33 Å². The van der Waals surface area contributed by atoms with Gasteiger partial charge in [0, 0.05) is 5.56 Å². The van der Waals surface area contributed by atoms with Crippen LogP contribution in [0, 0.1) is 6.92 Å². The lowest BCUT2D eigenvalue weighted by atomic mass is 10.2. The standard InChI is InChI=1S/C20H15F2N7S/c1-12-4-2-5-13(8-12)29-19(26-16(27-29)9-28-11-23-10-24-28)14-6-3-7-15-17(14)30-20(25-15)18(21)22/h2-8,10-11,18H,9H2,1H3. The van der Waals surface area contributed by atoms with Crippen LogP contribution in [0.4, 0.5) is 8.78 Å². The van der Waals surface area contributed by atoms with Gasteiger partial charge in [-0.25, -0.2) is 33.1 Å². The first kappa shape index (κ1) is 18.5. The van der Waals surface area contributed by atoms with Gasteiger partial charge in [-0.3, -0.25) is 0 Å². The van der Waals surface area contributed by atoms with Gasteiger partial charge < -0.3 is 0 Å². The van der Waals surface area contributed by atoms with Gasteiger partial charge in [-0.15, -0.1) is 16.4 Å². The van der Waals surface area contributed by atoms with Crippen molar-refractivity contribution >= 4 is 21.6 Å². The van der Waals surface area contributed by atoms with Crippen molar-refractivity contribution in [2.75, 3.05) is 0 Å². The third kappa shape index (κ3) is 3.35. The molecule has 0 amide bonds. The SMILES string of the molecule is Cc1cccc(-n2nc(Cn3cncn3)nc2-c2cccc3nc(C(F)F)sc23)c1. The van der Waals surface area contributed by atoms with Crippen LogP contribution in [0.1, 0.15) is 22.8 Å². The van der Waals surface area contributed by atoms with Crippen molar-refractivity contribution in [3.8, 4) is 17.1 Å². The third-order valence-corrected chi connectivity index (χ3v) is 5.64. The van der Waals surface area contributed by atoms with Gasteiger partial charge in [0.2, 0.25) is 0 Å². The summed E-state index contributed by atoms with van der Waals surface area (Å²) in [5, 5.41) is 8.58. The van der Waals surface area contributed by atoms with Gasteiger partial charge in [-0.2, -0.15) is 5.10 Å². The molecule has 0 bridgehead atoms. The summed E-state index contributed by atoms with van der Waals surface area (Å²) in [7, 11) is 0. The Morgan fingerprint density at radius 3 is 2.73 bits per heavy atom. The van der Waals surface area contributed by atoms with Gasteiger partial charge in [0.05, 0.1) is 15.9 Å². The number of fused-ring (bicyclic) bond motifs is 1. The van der Waals surface area contributed by atoms with Crippen molar-refractivity contribution in [1.82, 2.24) is 34.5 Å². The van der Waals surface area contributed by atoms with Crippen LogP contribution < -0.4 is 0 Å². The molecule has 5 aromatic rings. The van der Waals surface area contributed by atoms with Crippen LogP contribution in [0.2, 0.25) is 0 Å². The summed E-state index contributed by atoms with van der Waals surface area (Å²) >= 11 is 0.979. The fourth-order valence-corrected chi connectivity index (χ4v) is 4.16. The Hall–Kier alpha value is -3.53. The van der Waals surface area contributed by atoms with E-state index in [1.807, 2.05) is 37.3 Å². The zero-order valence-corrected chi connectivity index (χ0v) is 16.6. The van der Waals surface area contributed by atoms with Crippen LogP contribution in [0.3, 0.4) is 0 Å². The first-order valence-electron chi connectivity index (χ1n) is 9.12. The largest absolute Gasteiger partial charge is 0.289 e. The second kappa shape index (κ2) is 7.38. The summed E-state index contributed by atoms with van der Waals surface area (Å²) in [4.78, 5) is 12.7. The molecule has 0 spiro atoms. The van der Waals surface area contributed by atoms with E-state index in [0.29, 0.717) is 34.0 Å². The number of benzene rings is 2. The van der Waals surface area contributed by atoms with E-state index in [0.717, 1.165) is 22.6 Å². The maximum atomic E-state index is 13.2. The maximum Gasteiger partial charge on any atom is 0.289 e. The molecule has 0 N–H and O–H groups in total. The highest BCUT2D eigenvalue weighted by Gasteiger charge is 2.20. The lowest BCUT2D eigenvalue weighted by Crippen LogP contribution is -2.03. The van der Waals surface area contributed by atoms with Crippen LogP contribution in [-0.2, 0) is 6.54 Å². The Kier molecular flexibility index (Phi) is 4.55. The van der Waals surface area contributed by atoms with Crippen LogP contribution in [0.15, 0.2) is 55.1 Å². The lowest BCUT2D eigenvalue weighted by Gasteiger charge is -2.07. The van der Waals surface area contributed by atoms with Gasteiger partial charge in [-0.05, 0) is 36.8 Å². The highest BCUT2D eigenvalue weighted by molar-refractivity contribution is 7.19. The molecular formula is C20H15F2N7S. The molecule has 0 fully saturated rings. The highest BCUT2D eigenvalue weighted by Crippen LogP contribution is 2.36. The number of nitrogens with zero attached hydrogens (tertiary/aromatic N) is 7. The Bertz CT molecular complexity index is 1320. The molecule has 3 heterocycles. The average Bonchev–Trinajstić information content (AvgIpc) is 3.47. The molecular weight excluding hydrogens is 408 g/mol. The summed E-state index contributed by atoms with van der Waals surface area (Å²) in [5.74, 6) is 1.10. The molecule has 0 saturated carbocycles. The van der Waals surface area contributed by atoms with E-state index in [1.54, 1.807) is 27.8 Å². The Morgan fingerprint density at radius 2 is 1.97 bits per heavy atom. The van der Waals surface area contributed by atoms with E-state index < -0.39 is 6.43 Å². The first-order chi connectivity index (χ1) is 14.6. The number of thiazole rings is 1. The normalized spacial score (nSPS) is 11.6. The van der Waals surface area contributed by atoms with E-state index in [2.05, 4.69) is 20.2 Å². The molecule has 0 radical (unpaired) electrons. The fourth-order valence-electron chi connectivity index (χ4n) is 3.23. The number of hydrogen-bond donors (Lipinski definition) is 0. The minimum absolute atomic E-state index is 0.207. The van der Waals surface area contributed by atoms with E-state index in [9.17, 15) is 8.78 Å². The lowest BCUT2D eigenvalue weighted by molar-refractivity contribution is 0.151. The highest BCUT2D eigenvalue weighted by atomic mass is 32.1. The summed E-state index contributed by atoms with van der Waals surface area (Å²) < 4.78 is 30.5.